The number of esters is 2. The second kappa shape index (κ2) is 25.6. The Morgan fingerprint density at radius 1 is 0.640 bits per heavy atom. The van der Waals surface area contributed by atoms with E-state index in [2.05, 4.69) is 26.8 Å². The zero-order chi connectivity index (χ0) is 64.8. The van der Waals surface area contributed by atoms with E-state index < -0.39 is 218 Å². The molecule has 26 heteroatoms. The summed E-state index contributed by atoms with van der Waals surface area (Å²) in [7, 11) is 0. The zero-order valence-corrected chi connectivity index (χ0v) is 51.5. The number of benzene rings is 1. The minimum atomic E-state index is -2.21. The fourth-order valence-electron chi connectivity index (χ4n) is 17.7. The van der Waals surface area contributed by atoms with Gasteiger partial charge in [-0.3, -0.25) is 4.79 Å². The third-order valence-electron chi connectivity index (χ3n) is 22.7. The number of carboxylic acids is 1. The van der Waals surface area contributed by atoms with Gasteiger partial charge in [-0.1, -0.05) is 90.4 Å². The van der Waals surface area contributed by atoms with Gasteiger partial charge >= 0.3 is 17.9 Å². The van der Waals surface area contributed by atoms with Crippen molar-refractivity contribution in [1.82, 2.24) is 0 Å². The lowest BCUT2D eigenvalue weighted by Crippen LogP contribution is -2.72. The van der Waals surface area contributed by atoms with Crippen molar-refractivity contribution in [2.24, 2.45) is 50.2 Å². The Labute approximate surface area is 516 Å². The number of aliphatic hydroxyl groups excluding tert-OH is 12. The van der Waals surface area contributed by atoms with Gasteiger partial charge in [-0.25, -0.2) is 9.59 Å². The molecule has 8 fully saturated rings. The molecule has 4 aliphatic heterocycles. The van der Waals surface area contributed by atoms with Crippen molar-refractivity contribution in [1.29, 1.82) is 0 Å². The highest BCUT2D eigenvalue weighted by Gasteiger charge is 2.74. The van der Waals surface area contributed by atoms with Crippen LogP contribution in [0.2, 0.25) is 0 Å². The number of carbonyl (C=O) groups excluding carboxylic acids is 2. The molecule has 29 atom stereocenters. The lowest BCUT2D eigenvalue weighted by Gasteiger charge is -2.72. The van der Waals surface area contributed by atoms with Crippen LogP contribution in [0.5, 0.6) is 0 Å². The topological polar surface area (TPSA) is 407 Å². The fourth-order valence-corrected chi connectivity index (χ4v) is 17.7. The van der Waals surface area contributed by atoms with Gasteiger partial charge in [0.1, 0.15) is 91.6 Å². The number of rotatable bonds is 15. The molecule has 0 amide bonds. The number of aliphatic carboxylic acids is 1. The van der Waals surface area contributed by atoms with Crippen LogP contribution < -0.4 is 0 Å². The van der Waals surface area contributed by atoms with E-state index in [1.165, 1.54) is 13.0 Å². The summed E-state index contributed by atoms with van der Waals surface area (Å²) < 4.78 is 61.1. The molecule has 1 aromatic rings. The van der Waals surface area contributed by atoms with Crippen LogP contribution in [0.25, 0.3) is 6.08 Å². The Balaban J connectivity index is 0.949. The quantitative estimate of drug-likeness (QED) is 0.0458. The van der Waals surface area contributed by atoms with Crippen LogP contribution in [0.1, 0.15) is 106 Å². The summed E-state index contributed by atoms with van der Waals surface area (Å²) in [6.07, 6.45) is -29.5. The Hall–Kier alpha value is -3.69. The first kappa shape index (κ1) is 68.2. The second-order valence-electron chi connectivity index (χ2n) is 28.4. The standard InChI is InChI=1S/C63H92O26/c1-28(66)82-52-51(85-39(70)17-14-29-12-10-9-11-13-29)58(2,3)22-31-30-15-16-36-60(6)20-19-38(59(4,5)35(60)18-21-61(36,7)62(30,8)23-37(69)63(31,52)27-65)84-57-50(89-55-45(76)43(74)42(73)34(24-64)83-55)47(46(77)48(87-57)53(78)79)86-56-49(41(72)33(68)26-81-56)88-54-44(75)40(71)32(67)25-80-54/h9-15,17,31-38,40-52,54-57,64-65,67-69,71-77H,16,18-27H2,1-8H3,(H,78,79)/b17-14+/t31?,32-,33+,34-,35?,36?,37-,38?,40+,41+,42+,43+,44-,45-,46+,47+,48+,49-,50-,51+,52+,54+,55+,56+,57-,60+,61-,62-,63+/m1/s1. The van der Waals surface area contributed by atoms with Crippen molar-refractivity contribution in [2.75, 3.05) is 26.4 Å². The maximum absolute atomic E-state index is 13.7. The van der Waals surface area contributed by atoms with E-state index in [0.717, 1.165) is 11.1 Å². The van der Waals surface area contributed by atoms with E-state index in [1.807, 2.05) is 58.0 Å². The highest BCUT2D eigenvalue weighted by molar-refractivity contribution is 5.87. The number of carboxylic acid groups (broad SMARTS) is 1. The number of allylic oxidation sites excluding steroid dienone is 2. The number of fused-ring (bicyclic) bond motifs is 7. The number of carbonyl (C=O) groups is 3. The molecule has 10 rings (SSSR count). The van der Waals surface area contributed by atoms with Gasteiger partial charge < -0.3 is 114 Å². The van der Waals surface area contributed by atoms with Crippen LogP contribution in [-0.4, -0.2) is 246 Å². The van der Waals surface area contributed by atoms with Gasteiger partial charge in [-0.15, -0.1) is 0 Å². The highest BCUT2D eigenvalue weighted by Crippen LogP contribution is 2.76. The van der Waals surface area contributed by atoms with Crippen molar-refractivity contribution >= 4 is 24.0 Å². The third kappa shape index (κ3) is 11.8. The smallest absolute Gasteiger partial charge is 0.335 e. The lowest BCUT2D eigenvalue weighted by molar-refractivity contribution is -0.399. The van der Waals surface area contributed by atoms with Gasteiger partial charge in [0.2, 0.25) is 0 Å². The van der Waals surface area contributed by atoms with Gasteiger partial charge in [-0.2, -0.15) is 0 Å². The molecule has 89 heavy (non-hydrogen) atoms. The molecule has 0 radical (unpaired) electrons. The van der Waals surface area contributed by atoms with Crippen LogP contribution in [0.15, 0.2) is 48.1 Å². The first-order valence-electron chi connectivity index (χ1n) is 31.0. The van der Waals surface area contributed by atoms with Crippen molar-refractivity contribution in [3.8, 4) is 0 Å². The van der Waals surface area contributed by atoms with E-state index in [0.29, 0.717) is 38.5 Å². The number of ether oxygens (including phenoxy) is 10. The maximum Gasteiger partial charge on any atom is 0.335 e. The molecule has 5 aliphatic carbocycles. The van der Waals surface area contributed by atoms with E-state index in [-0.39, 0.29) is 18.3 Å². The Bertz CT molecular complexity index is 2750. The van der Waals surface area contributed by atoms with E-state index in [1.54, 1.807) is 6.08 Å². The molecule has 0 bridgehead atoms. The molecule has 4 heterocycles. The van der Waals surface area contributed by atoms with Crippen molar-refractivity contribution in [3.05, 3.63) is 53.6 Å². The second-order valence-corrected chi connectivity index (χ2v) is 28.4. The minimum absolute atomic E-state index is 0.0203. The SMILES string of the molecule is CC(=O)O[C@H]1[C@H](OC(=O)/C=C/c2ccccc2)C(C)(C)CC2C3=CCC4[C@@]5(C)CCC(O[C@@H]6O[C@H](C(=O)O)[C@@H](O)[C@H](O[C@@H]7OC[C@H](O)[C@H](O)[C@H]7O[C@@H]7OC[C@@H](O)[C@H](O)[C@H]7O)[C@H]6O[C@@H]6O[C@H](CO)[C@H](O)[C@H](O)[C@H]6O)C(C)(C)C5CC[C@@]4(C)[C@]3(C)C[C@@H](O)[C@]21CO. The average Bonchev–Trinajstić information content (AvgIpc) is 0.682. The predicted octanol–water partition coefficient (Wildman–Crippen LogP) is -0.444. The minimum Gasteiger partial charge on any atom is -0.479 e. The average molecular weight is 1270 g/mol. The van der Waals surface area contributed by atoms with Crippen LogP contribution in [0, 0.1) is 50.2 Å². The molecule has 26 nitrogen and oxygen atoms in total. The molecule has 9 aliphatic rings. The Kier molecular flexibility index (Phi) is 19.6. The van der Waals surface area contributed by atoms with E-state index in [4.69, 9.17) is 47.4 Å². The summed E-state index contributed by atoms with van der Waals surface area (Å²) in [6, 6.07) is 9.20. The maximum atomic E-state index is 13.7. The van der Waals surface area contributed by atoms with Crippen molar-refractivity contribution in [2.45, 2.75) is 235 Å². The summed E-state index contributed by atoms with van der Waals surface area (Å²) >= 11 is 0. The molecular formula is C63H92O26. The molecule has 4 unspecified atom stereocenters. The van der Waals surface area contributed by atoms with Gasteiger partial charge in [-0.05, 0) is 96.0 Å². The largest absolute Gasteiger partial charge is 0.479 e. The normalized spacial score (nSPS) is 48.6. The molecule has 500 valence electrons. The number of aliphatic hydroxyl groups is 12. The molecule has 4 saturated carbocycles. The molecule has 4 saturated heterocycles. The van der Waals surface area contributed by atoms with Gasteiger partial charge in [0.05, 0.1) is 44.1 Å². The summed E-state index contributed by atoms with van der Waals surface area (Å²) in [5.41, 5.74) is -2.88. The van der Waals surface area contributed by atoms with Crippen molar-refractivity contribution < 1.29 is 128 Å². The Morgan fingerprint density at radius 3 is 1.93 bits per heavy atom. The monoisotopic (exact) mass is 1260 g/mol. The highest BCUT2D eigenvalue weighted by atomic mass is 16.8. The van der Waals surface area contributed by atoms with Gasteiger partial charge in [0.15, 0.2) is 31.3 Å². The summed E-state index contributed by atoms with van der Waals surface area (Å²) in [5, 5.41) is 144. The fraction of sp³-hybridized carbons (Fsp3) is 0.794. The predicted molar refractivity (Wildman–Crippen MR) is 304 cm³/mol. The van der Waals surface area contributed by atoms with Crippen LogP contribution in [-0.2, 0) is 61.8 Å². The van der Waals surface area contributed by atoms with E-state index >= 15 is 0 Å². The third-order valence-corrected chi connectivity index (χ3v) is 22.7. The van der Waals surface area contributed by atoms with E-state index in [9.17, 15) is 80.8 Å². The molecule has 13 N–H and O–H groups in total. The van der Waals surface area contributed by atoms with Crippen molar-refractivity contribution in [3.63, 3.8) is 0 Å². The van der Waals surface area contributed by atoms with Gasteiger partial charge in [0.25, 0.3) is 0 Å². The first-order chi connectivity index (χ1) is 41.8. The summed E-state index contributed by atoms with van der Waals surface area (Å²) in [4.78, 5) is 40.0. The zero-order valence-electron chi connectivity index (χ0n) is 51.5. The van der Waals surface area contributed by atoms with Crippen LogP contribution in [0.3, 0.4) is 0 Å². The molecule has 1 aromatic carbocycles. The summed E-state index contributed by atoms with van der Waals surface area (Å²) in [6.45, 7) is 13.3. The van der Waals surface area contributed by atoms with Gasteiger partial charge in [0, 0.05) is 18.4 Å². The molecule has 0 aromatic heterocycles. The first-order valence-corrected chi connectivity index (χ1v) is 31.0. The van der Waals surface area contributed by atoms with Crippen LogP contribution in [0.4, 0.5) is 0 Å². The summed E-state index contributed by atoms with van der Waals surface area (Å²) in [5.74, 6) is -3.68. The lowest BCUT2D eigenvalue weighted by atomic mass is 9.33. The molecule has 0 spiro atoms. The Morgan fingerprint density at radius 2 is 1.28 bits per heavy atom. The number of hydrogen-bond acceptors (Lipinski definition) is 25. The number of hydrogen-bond donors (Lipinski definition) is 13. The van der Waals surface area contributed by atoms with Crippen LogP contribution >= 0.6 is 0 Å². The molecular weight excluding hydrogens is 1170 g/mol.